The van der Waals surface area contributed by atoms with Crippen molar-refractivity contribution in [3.8, 4) is 0 Å². The maximum atomic E-state index is 13.1. The van der Waals surface area contributed by atoms with Gasteiger partial charge in [-0.2, -0.15) is 0 Å². The number of nitro benzene ring substituents is 1. The highest BCUT2D eigenvalue weighted by atomic mass is 16.6. The molecule has 0 saturated heterocycles. The van der Waals surface area contributed by atoms with Crippen molar-refractivity contribution in [2.24, 2.45) is 5.92 Å². The largest absolute Gasteiger partial charge is 0.377 e. The van der Waals surface area contributed by atoms with E-state index >= 15 is 0 Å². The molecule has 0 spiro atoms. The summed E-state index contributed by atoms with van der Waals surface area (Å²) in [5.74, 6) is 0.298. The molecule has 0 bridgehead atoms. The number of para-hydroxylation sites is 1. The molecule has 0 radical (unpaired) electrons. The molecule has 6 heteroatoms. The van der Waals surface area contributed by atoms with Gasteiger partial charge in [0.2, 0.25) is 0 Å². The van der Waals surface area contributed by atoms with Crippen LogP contribution in [0.3, 0.4) is 0 Å². The van der Waals surface area contributed by atoms with Gasteiger partial charge >= 0.3 is 0 Å². The predicted molar refractivity (Wildman–Crippen MR) is 128 cm³/mol. The first-order valence-electron chi connectivity index (χ1n) is 11.2. The molecule has 3 aromatic carbocycles. The van der Waals surface area contributed by atoms with Crippen molar-refractivity contribution < 1.29 is 9.72 Å². The summed E-state index contributed by atoms with van der Waals surface area (Å²) in [6.45, 7) is 0.548. The van der Waals surface area contributed by atoms with Crippen molar-refractivity contribution in [1.29, 1.82) is 0 Å². The number of hydrogen-bond acceptors (Lipinski definition) is 4. The minimum atomic E-state index is -0.365. The van der Waals surface area contributed by atoms with Gasteiger partial charge < -0.3 is 10.6 Å². The van der Waals surface area contributed by atoms with Gasteiger partial charge in [0, 0.05) is 24.6 Å². The average molecular weight is 440 g/mol. The molecule has 3 aromatic rings. The number of fused-ring (bicyclic) bond motifs is 3. The average Bonchev–Trinajstić information content (AvgIpc) is 3.34. The van der Waals surface area contributed by atoms with Gasteiger partial charge in [0.05, 0.1) is 22.2 Å². The van der Waals surface area contributed by atoms with Crippen LogP contribution >= 0.6 is 0 Å². The van der Waals surface area contributed by atoms with Gasteiger partial charge in [0.1, 0.15) is 0 Å². The van der Waals surface area contributed by atoms with E-state index in [2.05, 4.69) is 28.9 Å². The Kier molecular flexibility index (Phi) is 5.65. The van der Waals surface area contributed by atoms with Crippen LogP contribution in [0.25, 0.3) is 0 Å². The van der Waals surface area contributed by atoms with E-state index in [0.29, 0.717) is 12.1 Å². The third kappa shape index (κ3) is 4.12. The quantitative estimate of drug-likeness (QED) is 0.306. The lowest BCUT2D eigenvalue weighted by Crippen LogP contribution is -2.32. The van der Waals surface area contributed by atoms with E-state index in [-0.39, 0.29) is 34.4 Å². The minimum absolute atomic E-state index is 0.0783. The van der Waals surface area contributed by atoms with E-state index in [1.165, 1.54) is 11.6 Å². The zero-order valence-electron chi connectivity index (χ0n) is 18.1. The molecule has 166 valence electrons. The third-order valence-corrected chi connectivity index (χ3v) is 6.62. The Bertz CT molecular complexity index is 1220. The van der Waals surface area contributed by atoms with Gasteiger partial charge in [-0.1, -0.05) is 66.7 Å². The van der Waals surface area contributed by atoms with Crippen molar-refractivity contribution in [2.45, 2.75) is 24.8 Å². The molecule has 1 amide bonds. The standard InChI is InChI=1S/C27H25N3O3/c31-27(28-16-15-18-7-2-1-3-8-18)24-14-6-13-23-21-11-5-12-22(21)25(29-26(23)24)19-9-4-10-20(17-19)30(32)33/h1-11,13-14,17,21-22,25,29H,12,15-16H2,(H,28,31). The Morgan fingerprint density at radius 3 is 2.70 bits per heavy atom. The molecule has 1 aliphatic carbocycles. The van der Waals surface area contributed by atoms with Crippen LogP contribution in [0.2, 0.25) is 0 Å². The van der Waals surface area contributed by atoms with Gasteiger partial charge in [-0.25, -0.2) is 0 Å². The number of rotatable bonds is 6. The molecule has 0 saturated carbocycles. The molecule has 6 nitrogen and oxygen atoms in total. The second-order valence-electron chi connectivity index (χ2n) is 8.59. The first-order valence-corrected chi connectivity index (χ1v) is 11.2. The lowest BCUT2D eigenvalue weighted by atomic mass is 9.76. The molecular formula is C27H25N3O3. The Labute approximate surface area is 192 Å². The van der Waals surface area contributed by atoms with Crippen LogP contribution in [0.1, 0.15) is 45.4 Å². The van der Waals surface area contributed by atoms with E-state index in [9.17, 15) is 14.9 Å². The lowest BCUT2D eigenvalue weighted by Gasteiger charge is -2.38. The second-order valence-corrected chi connectivity index (χ2v) is 8.59. The van der Waals surface area contributed by atoms with E-state index < -0.39 is 0 Å². The van der Waals surface area contributed by atoms with Crippen LogP contribution in [-0.4, -0.2) is 17.4 Å². The third-order valence-electron chi connectivity index (χ3n) is 6.62. The number of hydrogen-bond donors (Lipinski definition) is 2. The van der Waals surface area contributed by atoms with E-state index in [0.717, 1.165) is 29.7 Å². The zero-order valence-corrected chi connectivity index (χ0v) is 18.1. The zero-order chi connectivity index (χ0) is 22.8. The monoisotopic (exact) mass is 439 g/mol. The molecule has 0 aromatic heterocycles. The van der Waals surface area contributed by atoms with Crippen molar-refractivity contribution in [2.75, 3.05) is 11.9 Å². The molecule has 33 heavy (non-hydrogen) atoms. The number of benzene rings is 3. The van der Waals surface area contributed by atoms with Crippen LogP contribution in [0.5, 0.6) is 0 Å². The normalized spacial score (nSPS) is 20.4. The van der Waals surface area contributed by atoms with Crippen LogP contribution in [-0.2, 0) is 6.42 Å². The molecule has 5 rings (SSSR count). The van der Waals surface area contributed by atoms with E-state index in [1.54, 1.807) is 12.1 Å². The minimum Gasteiger partial charge on any atom is -0.377 e. The molecule has 3 atom stereocenters. The number of anilines is 1. The van der Waals surface area contributed by atoms with E-state index in [4.69, 9.17) is 0 Å². The number of non-ortho nitro benzene ring substituents is 1. The topological polar surface area (TPSA) is 84.3 Å². The summed E-state index contributed by atoms with van der Waals surface area (Å²) in [5, 5.41) is 18.0. The van der Waals surface area contributed by atoms with Gasteiger partial charge in [0.15, 0.2) is 0 Å². The summed E-state index contributed by atoms with van der Waals surface area (Å²) in [6.07, 6.45) is 6.02. The Morgan fingerprint density at radius 2 is 1.88 bits per heavy atom. The summed E-state index contributed by atoms with van der Waals surface area (Å²) in [5.41, 5.74) is 4.65. The number of nitro groups is 1. The molecule has 0 fully saturated rings. The summed E-state index contributed by atoms with van der Waals surface area (Å²) in [6, 6.07) is 22.6. The van der Waals surface area contributed by atoms with Crippen molar-refractivity contribution in [3.63, 3.8) is 0 Å². The SMILES string of the molecule is O=C(NCCc1ccccc1)c1cccc2c1NC(c1cccc([N+](=O)[O-])c1)C1CC=CC21. The first kappa shape index (κ1) is 20.9. The molecule has 2 N–H and O–H groups in total. The highest BCUT2D eigenvalue weighted by molar-refractivity contribution is 6.00. The maximum Gasteiger partial charge on any atom is 0.269 e. The van der Waals surface area contributed by atoms with Crippen LogP contribution in [0.4, 0.5) is 11.4 Å². The highest BCUT2D eigenvalue weighted by Gasteiger charge is 2.39. The predicted octanol–water partition coefficient (Wildman–Crippen LogP) is 5.39. The molecular weight excluding hydrogens is 414 g/mol. The maximum absolute atomic E-state index is 13.1. The number of allylic oxidation sites excluding steroid dienone is 2. The van der Waals surface area contributed by atoms with Crippen LogP contribution in [0.15, 0.2) is 84.9 Å². The Balaban J connectivity index is 1.42. The number of carbonyl (C=O) groups excluding carboxylic acids is 1. The summed E-state index contributed by atoms with van der Waals surface area (Å²) >= 11 is 0. The summed E-state index contributed by atoms with van der Waals surface area (Å²) in [4.78, 5) is 24.1. The highest BCUT2D eigenvalue weighted by Crippen LogP contribution is 2.50. The summed E-state index contributed by atoms with van der Waals surface area (Å²) in [7, 11) is 0. The van der Waals surface area contributed by atoms with Crippen molar-refractivity contribution in [1.82, 2.24) is 5.32 Å². The molecule has 2 aliphatic rings. The fourth-order valence-electron chi connectivity index (χ4n) is 5.03. The van der Waals surface area contributed by atoms with Gasteiger partial charge in [0.25, 0.3) is 11.6 Å². The van der Waals surface area contributed by atoms with Crippen LogP contribution < -0.4 is 10.6 Å². The molecule has 1 aliphatic heterocycles. The van der Waals surface area contributed by atoms with Gasteiger partial charge in [-0.3, -0.25) is 14.9 Å². The lowest BCUT2D eigenvalue weighted by molar-refractivity contribution is -0.384. The Hall–Kier alpha value is -3.93. The summed E-state index contributed by atoms with van der Waals surface area (Å²) < 4.78 is 0. The van der Waals surface area contributed by atoms with Crippen LogP contribution in [0, 0.1) is 16.0 Å². The fraction of sp³-hybridized carbons (Fsp3) is 0.222. The van der Waals surface area contributed by atoms with Crippen molar-refractivity contribution >= 4 is 17.3 Å². The fourth-order valence-corrected chi connectivity index (χ4v) is 5.03. The first-order chi connectivity index (χ1) is 16.1. The number of carbonyl (C=O) groups is 1. The number of nitrogens with one attached hydrogen (secondary N) is 2. The molecule has 3 unspecified atom stereocenters. The molecule has 1 heterocycles. The van der Waals surface area contributed by atoms with E-state index in [1.807, 2.05) is 48.5 Å². The second kappa shape index (κ2) is 8.90. The Morgan fingerprint density at radius 1 is 1.06 bits per heavy atom. The number of amides is 1. The number of nitrogens with zero attached hydrogens (tertiary/aromatic N) is 1. The van der Waals surface area contributed by atoms with Gasteiger partial charge in [-0.15, -0.1) is 0 Å². The van der Waals surface area contributed by atoms with Crippen molar-refractivity contribution in [3.05, 3.63) is 117 Å². The smallest absolute Gasteiger partial charge is 0.269 e. The van der Waals surface area contributed by atoms with Gasteiger partial charge in [-0.05, 0) is 41.5 Å².